The first kappa shape index (κ1) is 21.7. The molecule has 2 aromatic heterocycles. The Balaban J connectivity index is 1.90. The number of hydrogen-bond acceptors (Lipinski definition) is 7. The summed E-state index contributed by atoms with van der Waals surface area (Å²) in [5.74, 6) is 0.341. The molecule has 1 amide bonds. The number of amides is 1. The van der Waals surface area contributed by atoms with E-state index < -0.39 is 0 Å². The van der Waals surface area contributed by atoms with Gasteiger partial charge in [0.25, 0.3) is 11.5 Å². The predicted molar refractivity (Wildman–Crippen MR) is 128 cm³/mol. The molecule has 2 unspecified atom stereocenters. The van der Waals surface area contributed by atoms with Crippen LogP contribution in [0.4, 0.5) is 5.82 Å². The maximum absolute atomic E-state index is 13.5. The van der Waals surface area contributed by atoms with E-state index in [0.717, 1.165) is 5.56 Å². The zero-order valence-electron chi connectivity index (χ0n) is 17.7. The normalized spacial score (nSPS) is 23.3. The van der Waals surface area contributed by atoms with Gasteiger partial charge < -0.3 is 9.64 Å². The summed E-state index contributed by atoms with van der Waals surface area (Å²) >= 11 is 6.54. The third kappa shape index (κ3) is 4.05. The number of aromatic nitrogens is 2. The lowest BCUT2D eigenvalue weighted by Crippen LogP contribution is -2.46. The van der Waals surface area contributed by atoms with Crippen molar-refractivity contribution in [2.75, 3.05) is 24.5 Å². The van der Waals surface area contributed by atoms with Gasteiger partial charge in [0.15, 0.2) is 0 Å². The molecule has 7 nitrogen and oxygen atoms in total. The van der Waals surface area contributed by atoms with E-state index in [-0.39, 0.29) is 23.7 Å². The number of anilines is 1. The number of rotatable bonds is 4. The van der Waals surface area contributed by atoms with Crippen molar-refractivity contribution in [3.8, 4) is 0 Å². The van der Waals surface area contributed by atoms with Gasteiger partial charge >= 0.3 is 0 Å². The lowest BCUT2D eigenvalue weighted by molar-refractivity contribution is -0.121. The molecule has 2 atom stereocenters. The summed E-state index contributed by atoms with van der Waals surface area (Å²) in [7, 11) is 0. The van der Waals surface area contributed by atoms with Crippen LogP contribution in [0.1, 0.15) is 25.0 Å². The van der Waals surface area contributed by atoms with Gasteiger partial charge in [0.1, 0.15) is 15.8 Å². The van der Waals surface area contributed by atoms with Crippen molar-refractivity contribution in [3.05, 3.63) is 57.4 Å². The van der Waals surface area contributed by atoms with Crippen LogP contribution in [0.2, 0.25) is 0 Å². The van der Waals surface area contributed by atoms with Crippen LogP contribution in [0.5, 0.6) is 0 Å². The molecule has 0 aromatic carbocycles. The average Bonchev–Trinajstić information content (AvgIpc) is 2.97. The van der Waals surface area contributed by atoms with Crippen molar-refractivity contribution in [2.24, 2.45) is 0 Å². The van der Waals surface area contributed by atoms with Crippen LogP contribution in [0, 0.1) is 6.92 Å². The van der Waals surface area contributed by atoms with Gasteiger partial charge in [-0.3, -0.25) is 18.9 Å². The van der Waals surface area contributed by atoms with E-state index in [0.29, 0.717) is 45.9 Å². The van der Waals surface area contributed by atoms with Crippen molar-refractivity contribution < 1.29 is 9.53 Å². The Bertz CT molecular complexity index is 1160. The molecule has 0 N–H and O–H groups in total. The molecular weight excluding hydrogens is 432 g/mol. The lowest BCUT2D eigenvalue weighted by atomic mass is 10.1. The summed E-state index contributed by atoms with van der Waals surface area (Å²) in [5.41, 5.74) is 1.66. The van der Waals surface area contributed by atoms with Crippen LogP contribution >= 0.6 is 24.0 Å². The highest BCUT2D eigenvalue weighted by Crippen LogP contribution is 2.34. The number of fused-ring (bicyclic) bond motifs is 1. The number of nitrogens with zero attached hydrogens (tertiary/aromatic N) is 4. The highest BCUT2D eigenvalue weighted by atomic mass is 32.2. The molecule has 2 aliphatic heterocycles. The Kier molecular flexibility index (Phi) is 6.00. The Morgan fingerprint density at radius 1 is 1.32 bits per heavy atom. The van der Waals surface area contributed by atoms with E-state index in [9.17, 15) is 9.59 Å². The van der Waals surface area contributed by atoms with Crippen molar-refractivity contribution in [1.29, 1.82) is 0 Å². The van der Waals surface area contributed by atoms with Crippen LogP contribution in [0.3, 0.4) is 0 Å². The third-order valence-electron chi connectivity index (χ3n) is 5.24. The Hall–Kier alpha value is -2.49. The molecule has 0 bridgehead atoms. The Morgan fingerprint density at radius 3 is 2.71 bits per heavy atom. The van der Waals surface area contributed by atoms with Crippen LogP contribution in [-0.2, 0) is 9.53 Å². The molecule has 2 aromatic rings. The topological polar surface area (TPSA) is 67.2 Å². The van der Waals surface area contributed by atoms with Gasteiger partial charge in [-0.05, 0) is 38.5 Å². The molecule has 0 spiro atoms. The smallest absolute Gasteiger partial charge is 0.267 e. The van der Waals surface area contributed by atoms with Crippen molar-refractivity contribution in [2.45, 2.75) is 33.0 Å². The first-order chi connectivity index (χ1) is 14.8. The quantitative estimate of drug-likeness (QED) is 0.398. The molecule has 2 aliphatic rings. The molecular formula is C22H24N4O3S2. The number of aryl methyl sites for hydroxylation is 1. The van der Waals surface area contributed by atoms with E-state index in [1.807, 2.05) is 32.9 Å². The van der Waals surface area contributed by atoms with Gasteiger partial charge in [-0.2, -0.15) is 0 Å². The maximum atomic E-state index is 13.5. The number of ether oxygens (including phenoxy) is 1. The van der Waals surface area contributed by atoms with Gasteiger partial charge in [-0.25, -0.2) is 4.98 Å². The largest absolute Gasteiger partial charge is 0.372 e. The predicted octanol–water partition coefficient (Wildman–Crippen LogP) is 3.00. The SMILES string of the molecule is C=CCN1C(=O)/C(=C\c2c(N3CC(C)OC(C)C3)nc3c(C)cccn3c2=O)SC1=S. The number of hydrogen-bond donors (Lipinski definition) is 0. The summed E-state index contributed by atoms with van der Waals surface area (Å²) in [4.78, 5) is 35.2. The van der Waals surface area contributed by atoms with E-state index in [1.165, 1.54) is 21.1 Å². The molecule has 9 heteroatoms. The molecule has 0 aliphatic carbocycles. The van der Waals surface area contributed by atoms with Gasteiger partial charge in [0.05, 0.1) is 22.7 Å². The molecule has 4 rings (SSSR count). The number of pyridine rings is 1. The van der Waals surface area contributed by atoms with E-state index >= 15 is 0 Å². The fourth-order valence-electron chi connectivity index (χ4n) is 3.94. The summed E-state index contributed by atoms with van der Waals surface area (Å²) in [6, 6.07) is 3.74. The zero-order valence-corrected chi connectivity index (χ0v) is 19.3. The molecule has 2 fully saturated rings. The van der Waals surface area contributed by atoms with Crippen molar-refractivity contribution in [1.82, 2.24) is 14.3 Å². The van der Waals surface area contributed by atoms with Gasteiger partial charge in [-0.1, -0.05) is 36.1 Å². The number of carbonyl (C=O) groups excluding carboxylic acids is 1. The fraction of sp³-hybridized carbons (Fsp3) is 0.364. The van der Waals surface area contributed by atoms with E-state index in [1.54, 1.807) is 18.3 Å². The van der Waals surface area contributed by atoms with Crippen molar-refractivity contribution >= 4 is 51.7 Å². The van der Waals surface area contributed by atoms with Gasteiger partial charge in [-0.15, -0.1) is 6.58 Å². The minimum absolute atomic E-state index is 0.000441. The van der Waals surface area contributed by atoms with Crippen LogP contribution in [0.15, 0.2) is 40.7 Å². The second kappa shape index (κ2) is 8.57. The van der Waals surface area contributed by atoms with Crippen LogP contribution in [0.25, 0.3) is 11.7 Å². The molecule has 4 heterocycles. The zero-order chi connectivity index (χ0) is 22.3. The monoisotopic (exact) mass is 456 g/mol. The molecule has 0 saturated carbocycles. The second-order valence-electron chi connectivity index (χ2n) is 7.78. The fourth-order valence-corrected chi connectivity index (χ4v) is 5.19. The Morgan fingerprint density at radius 2 is 2.03 bits per heavy atom. The first-order valence-corrected chi connectivity index (χ1v) is 11.3. The van der Waals surface area contributed by atoms with Gasteiger partial charge in [0, 0.05) is 25.8 Å². The number of thioether (sulfide) groups is 1. The van der Waals surface area contributed by atoms with Crippen molar-refractivity contribution in [3.63, 3.8) is 0 Å². The van der Waals surface area contributed by atoms with Crippen LogP contribution in [-0.4, -0.2) is 56.4 Å². The first-order valence-electron chi connectivity index (χ1n) is 10.1. The summed E-state index contributed by atoms with van der Waals surface area (Å²) in [6.45, 7) is 11.2. The van der Waals surface area contributed by atoms with E-state index in [2.05, 4.69) is 11.5 Å². The average molecular weight is 457 g/mol. The standard InChI is InChI=1S/C22H24N4O3S2/c1-5-8-26-21(28)17(31-22(26)30)10-16-19(24-11-14(3)29-15(4)12-24)23-18-13(2)7-6-9-25(18)20(16)27/h5-7,9-10,14-15H,1,8,11-12H2,2-4H3/b17-10+. The molecule has 0 radical (unpaired) electrons. The summed E-state index contributed by atoms with van der Waals surface area (Å²) in [6.07, 6.45) is 4.96. The highest BCUT2D eigenvalue weighted by Gasteiger charge is 2.33. The van der Waals surface area contributed by atoms with Gasteiger partial charge in [0.2, 0.25) is 0 Å². The van der Waals surface area contributed by atoms with Crippen LogP contribution < -0.4 is 10.5 Å². The lowest BCUT2D eigenvalue weighted by Gasteiger charge is -2.36. The number of carbonyl (C=O) groups is 1. The summed E-state index contributed by atoms with van der Waals surface area (Å²) in [5, 5.41) is 0. The minimum Gasteiger partial charge on any atom is -0.372 e. The number of morpholine rings is 1. The maximum Gasteiger partial charge on any atom is 0.267 e. The summed E-state index contributed by atoms with van der Waals surface area (Å²) < 4.78 is 7.85. The minimum atomic E-state index is -0.224. The Labute approximate surface area is 190 Å². The number of thiocarbonyl (C=S) groups is 1. The third-order valence-corrected chi connectivity index (χ3v) is 6.62. The molecule has 31 heavy (non-hydrogen) atoms. The molecule has 162 valence electrons. The second-order valence-corrected chi connectivity index (χ2v) is 9.46. The molecule has 2 saturated heterocycles. The highest BCUT2D eigenvalue weighted by molar-refractivity contribution is 8.26. The van der Waals surface area contributed by atoms with E-state index in [4.69, 9.17) is 21.9 Å².